The van der Waals surface area contributed by atoms with Crippen LogP contribution in [0.5, 0.6) is 5.88 Å². The van der Waals surface area contributed by atoms with Crippen LogP contribution >= 0.6 is 0 Å². The molecule has 92 valence electrons. The number of aromatic nitrogens is 4. The van der Waals surface area contributed by atoms with Crippen LogP contribution in [0.4, 0.5) is 0 Å². The minimum Gasteiger partial charge on any atom is -0.472 e. The second-order valence-corrected chi connectivity index (χ2v) is 4.48. The molecule has 0 spiro atoms. The molecule has 0 aliphatic carbocycles. The van der Waals surface area contributed by atoms with Gasteiger partial charge in [0.2, 0.25) is 5.65 Å². The summed E-state index contributed by atoms with van der Waals surface area (Å²) in [6, 6.07) is 7.90. The van der Waals surface area contributed by atoms with Crippen molar-refractivity contribution in [1.29, 1.82) is 0 Å². The topological polar surface area (TPSA) is 52.3 Å². The van der Waals surface area contributed by atoms with E-state index in [0.717, 1.165) is 16.9 Å². The predicted molar refractivity (Wildman–Crippen MR) is 68.8 cm³/mol. The summed E-state index contributed by atoms with van der Waals surface area (Å²) in [6.07, 6.45) is 0.0551. The van der Waals surface area contributed by atoms with Crippen LogP contribution in [0.25, 0.3) is 16.7 Å². The van der Waals surface area contributed by atoms with E-state index in [4.69, 9.17) is 4.74 Å². The molecule has 2 aromatic heterocycles. The van der Waals surface area contributed by atoms with Crippen molar-refractivity contribution in [3.05, 3.63) is 30.1 Å². The molecular formula is C13H14N4O. The number of benzene rings is 1. The lowest BCUT2D eigenvalue weighted by Crippen LogP contribution is -2.09. The van der Waals surface area contributed by atoms with Crippen LogP contribution in [0.3, 0.4) is 0 Å². The van der Waals surface area contributed by atoms with Gasteiger partial charge >= 0.3 is 0 Å². The molecule has 3 rings (SSSR count). The zero-order valence-corrected chi connectivity index (χ0v) is 10.6. The standard InChI is InChI=1S/C13H14N4O/c1-8(2)18-13-12-16-15-9(3)17(12)11-7-5-4-6-10(11)14-13/h4-8H,1-3H3. The van der Waals surface area contributed by atoms with Gasteiger partial charge in [0.25, 0.3) is 5.88 Å². The Morgan fingerprint density at radius 2 is 1.94 bits per heavy atom. The maximum Gasteiger partial charge on any atom is 0.261 e. The van der Waals surface area contributed by atoms with Gasteiger partial charge in [0, 0.05) is 0 Å². The van der Waals surface area contributed by atoms with Crippen LogP contribution < -0.4 is 4.74 Å². The minimum atomic E-state index is 0.0551. The molecule has 3 aromatic rings. The van der Waals surface area contributed by atoms with Gasteiger partial charge in [-0.25, -0.2) is 4.98 Å². The maximum atomic E-state index is 5.71. The number of ether oxygens (including phenoxy) is 1. The smallest absolute Gasteiger partial charge is 0.261 e. The number of hydrogen-bond donors (Lipinski definition) is 0. The number of fused-ring (bicyclic) bond motifs is 3. The number of hydrogen-bond acceptors (Lipinski definition) is 4. The van der Waals surface area contributed by atoms with E-state index >= 15 is 0 Å². The molecule has 0 aliphatic heterocycles. The Labute approximate surface area is 104 Å². The predicted octanol–water partition coefficient (Wildman–Crippen LogP) is 2.37. The van der Waals surface area contributed by atoms with E-state index < -0.39 is 0 Å². The zero-order chi connectivity index (χ0) is 12.7. The second-order valence-electron chi connectivity index (χ2n) is 4.48. The molecule has 5 heteroatoms. The summed E-state index contributed by atoms with van der Waals surface area (Å²) in [4.78, 5) is 4.51. The van der Waals surface area contributed by atoms with Crippen molar-refractivity contribution in [2.75, 3.05) is 0 Å². The SMILES string of the molecule is Cc1nnc2c(OC(C)C)nc3ccccc3n12. The third-order valence-electron chi connectivity index (χ3n) is 2.71. The average Bonchev–Trinajstić information content (AvgIpc) is 2.72. The van der Waals surface area contributed by atoms with Crippen molar-refractivity contribution >= 4 is 16.7 Å². The normalized spacial score (nSPS) is 11.6. The van der Waals surface area contributed by atoms with Crippen LogP contribution in [0.15, 0.2) is 24.3 Å². The van der Waals surface area contributed by atoms with Crippen molar-refractivity contribution in [1.82, 2.24) is 19.6 Å². The third-order valence-corrected chi connectivity index (χ3v) is 2.71. The van der Waals surface area contributed by atoms with Crippen LogP contribution in [-0.4, -0.2) is 25.7 Å². The first kappa shape index (κ1) is 11.0. The first-order chi connectivity index (χ1) is 8.66. The largest absolute Gasteiger partial charge is 0.472 e. The molecule has 0 aliphatic rings. The Morgan fingerprint density at radius 3 is 2.72 bits per heavy atom. The molecular weight excluding hydrogens is 228 g/mol. The molecule has 0 N–H and O–H groups in total. The van der Waals surface area contributed by atoms with Crippen LogP contribution in [0.1, 0.15) is 19.7 Å². The Balaban J connectivity index is 2.41. The van der Waals surface area contributed by atoms with Crippen LogP contribution in [-0.2, 0) is 0 Å². The molecule has 0 atom stereocenters. The molecule has 5 nitrogen and oxygen atoms in total. The molecule has 18 heavy (non-hydrogen) atoms. The molecule has 0 saturated carbocycles. The van der Waals surface area contributed by atoms with E-state index in [1.807, 2.05) is 49.4 Å². The molecule has 0 saturated heterocycles. The first-order valence-corrected chi connectivity index (χ1v) is 5.94. The Hall–Kier alpha value is -2.17. The summed E-state index contributed by atoms with van der Waals surface area (Å²) < 4.78 is 7.69. The average molecular weight is 242 g/mol. The molecule has 0 unspecified atom stereocenters. The quantitative estimate of drug-likeness (QED) is 0.692. The van der Waals surface area contributed by atoms with Crippen molar-refractivity contribution in [2.24, 2.45) is 0 Å². The van der Waals surface area contributed by atoms with Gasteiger partial charge < -0.3 is 4.74 Å². The number of aryl methyl sites for hydroxylation is 1. The Morgan fingerprint density at radius 1 is 1.17 bits per heavy atom. The van der Waals surface area contributed by atoms with Crippen LogP contribution in [0.2, 0.25) is 0 Å². The molecule has 0 bridgehead atoms. The van der Waals surface area contributed by atoms with E-state index in [2.05, 4.69) is 15.2 Å². The molecule has 0 fully saturated rings. The van der Waals surface area contributed by atoms with Gasteiger partial charge in [-0.15, -0.1) is 10.2 Å². The first-order valence-electron chi connectivity index (χ1n) is 5.94. The van der Waals surface area contributed by atoms with E-state index in [0.29, 0.717) is 11.5 Å². The highest BCUT2D eigenvalue weighted by Crippen LogP contribution is 2.23. The lowest BCUT2D eigenvalue weighted by Gasteiger charge is -2.11. The van der Waals surface area contributed by atoms with Gasteiger partial charge in [-0.2, -0.15) is 0 Å². The highest BCUT2D eigenvalue weighted by atomic mass is 16.5. The summed E-state index contributed by atoms with van der Waals surface area (Å²) in [6.45, 7) is 5.86. The Bertz CT molecular complexity index is 717. The number of nitrogens with zero attached hydrogens (tertiary/aromatic N) is 4. The van der Waals surface area contributed by atoms with E-state index in [9.17, 15) is 0 Å². The molecule has 0 amide bonds. The number of rotatable bonds is 2. The zero-order valence-electron chi connectivity index (χ0n) is 10.6. The summed E-state index contributed by atoms with van der Waals surface area (Å²) in [7, 11) is 0. The van der Waals surface area contributed by atoms with Gasteiger partial charge in [-0.05, 0) is 32.9 Å². The fourth-order valence-corrected chi connectivity index (χ4v) is 2.00. The van der Waals surface area contributed by atoms with E-state index in [-0.39, 0.29) is 6.10 Å². The molecule has 1 aromatic carbocycles. The maximum absolute atomic E-state index is 5.71. The Kier molecular flexibility index (Phi) is 2.40. The highest BCUT2D eigenvalue weighted by Gasteiger charge is 2.14. The van der Waals surface area contributed by atoms with Gasteiger partial charge in [0.05, 0.1) is 17.1 Å². The second kappa shape index (κ2) is 3.94. The fraction of sp³-hybridized carbons (Fsp3) is 0.308. The van der Waals surface area contributed by atoms with Crippen molar-refractivity contribution in [3.8, 4) is 5.88 Å². The monoisotopic (exact) mass is 242 g/mol. The lowest BCUT2D eigenvalue weighted by atomic mass is 10.3. The summed E-state index contributed by atoms with van der Waals surface area (Å²) in [5.41, 5.74) is 2.54. The highest BCUT2D eigenvalue weighted by molar-refractivity contribution is 5.79. The summed E-state index contributed by atoms with van der Waals surface area (Å²) in [5, 5.41) is 8.25. The van der Waals surface area contributed by atoms with Gasteiger partial charge in [-0.1, -0.05) is 12.1 Å². The molecule has 0 radical (unpaired) electrons. The third kappa shape index (κ3) is 1.59. The lowest BCUT2D eigenvalue weighted by molar-refractivity contribution is 0.235. The van der Waals surface area contributed by atoms with Crippen molar-refractivity contribution < 1.29 is 4.74 Å². The van der Waals surface area contributed by atoms with Crippen LogP contribution in [0, 0.1) is 6.92 Å². The van der Waals surface area contributed by atoms with Gasteiger partial charge in [0.1, 0.15) is 5.82 Å². The molecule has 2 heterocycles. The minimum absolute atomic E-state index is 0.0551. The van der Waals surface area contributed by atoms with Crippen molar-refractivity contribution in [3.63, 3.8) is 0 Å². The van der Waals surface area contributed by atoms with E-state index in [1.165, 1.54) is 0 Å². The summed E-state index contributed by atoms with van der Waals surface area (Å²) >= 11 is 0. The van der Waals surface area contributed by atoms with E-state index in [1.54, 1.807) is 0 Å². The number of para-hydroxylation sites is 2. The summed E-state index contributed by atoms with van der Waals surface area (Å²) in [5.74, 6) is 1.36. The fourth-order valence-electron chi connectivity index (χ4n) is 2.00. The van der Waals surface area contributed by atoms with Crippen molar-refractivity contribution in [2.45, 2.75) is 26.9 Å². The van der Waals surface area contributed by atoms with Gasteiger partial charge in [-0.3, -0.25) is 4.40 Å². The van der Waals surface area contributed by atoms with Gasteiger partial charge in [0.15, 0.2) is 0 Å².